The first kappa shape index (κ1) is 15.0. The Hall–Kier alpha value is -1.88. The third-order valence-electron chi connectivity index (χ3n) is 3.90. The van der Waals surface area contributed by atoms with Crippen molar-refractivity contribution in [3.05, 3.63) is 53.7 Å². The van der Waals surface area contributed by atoms with E-state index < -0.39 is 6.10 Å². The van der Waals surface area contributed by atoms with E-state index in [1.54, 1.807) is 17.2 Å². The van der Waals surface area contributed by atoms with Crippen LogP contribution in [0.2, 0.25) is 0 Å². The number of fused-ring (bicyclic) bond motifs is 1. The van der Waals surface area contributed by atoms with Crippen LogP contribution in [0.5, 0.6) is 0 Å². The first-order valence-electron chi connectivity index (χ1n) is 7.24. The van der Waals surface area contributed by atoms with Gasteiger partial charge in [0.1, 0.15) is 12.1 Å². The van der Waals surface area contributed by atoms with Crippen LogP contribution in [0.15, 0.2) is 42.6 Å². The quantitative estimate of drug-likeness (QED) is 0.613. The molecule has 1 amide bonds. The summed E-state index contributed by atoms with van der Waals surface area (Å²) in [5, 5.41) is 0. The number of alkyl halides is 1. The number of cyclic esters (lactones) is 1. The third kappa shape index (κ3) is 2.61. The van der Waals surface area contributed by atoms with E-state index in [4.69, 9.17) is 4.74 Å². The average Bonchev–Trinajstić information content (AvgIpc) is 2.98. The monoisotopic (exact) mass is 361 g/mol. The fourth-order valence-electron chi connectivity index (χ4n) is 2.77. The number of esters is 1. The van der Waals surface area contributed by atoms with Gasteiger partial charge < -0.3 is 9.64 Å². The van der Waals surface area contributed by atoms with Crippen LogP contribution in [0.4, 0.5) is 0 Å². The highest BCUT2D eigenvalue weighted by molar-refractivity contribution is 9.10. The predicted molar refractivity (Wildman–Crippen MR) is 87.1 cm³/mol. The molecule has 0 spiro atoms. The smallest absolute Gasteiger partial charge is 0.331 e. The largest absolute Gasteiger partial charge is 0.452 e. The molecule has 0 aliphatic carbocycles. The van der Waals surface area contributed by atoms with Gasteiger partial charge in [-0.2, -0.15) is 0 Å². The number of benzene rings is 1. The Morgan fingerprint density at radius 2 is 2.14 bits per heavy atom. The molecular formula is C17H16BrNO3. The molecule has 0 bridgehead atoms. The van der Waals surface area contributed by atoms with Gasteiger partial charge in [0, 0.05) is 12.3 Å². The molecule has 3 unspecified atom stereocenters. The summed E-state index contributed by atoms with van der Waals surface area (Å²) in [5.74, 6) is -0.398. The van der Waals surface area contributed by atoms with Gasteiger partial charge in [-0.25, -0.2) is 4.79 Å². The summed E-state index contributed by atoms with van der Waals surface area (Å²) >= 11 is 3.41. The highest BCUT2D eigenvalue weighted by Crippen LogP contribution is 2.37. The molecule has 22 heavy (non-hydrogen) atoms. The molecule has 0 N–H and O–H groups in total. The van der Waals surface area contributed by atoms with Crippen LogP contribution in [0.25, 0.3) is 6.08 Å². The molecule has 0 saturated heterocycles. The van der Waals surface area contributed by atoms with E-state index >= 15 is 0 Å². The summed E-state index contributed by atoms with van der Waals surface area (Å²) in [7, 11) is 0. The first-order chi connectivity index (χ1) is 10.6. The minimum absolute atomic E-state index is 0.0328. The van der Waals surface area contributed by atoms with Crippen molar-refractivity contribution in [1.29, 1.82) is 0 Å². The van der Waals surface area contributed by atoms with Crippen molar-refractivity contribution in [1.82, 2.24) is 4.90 Å². The zero-order valence-corrected chi connectivity index (χ0v) is 13.7. The van der Waals surface area contributed by atoms with Crippen molar-refractivity contribution >= 4 is 33.9 Å². The maximum atomic E-state index is 12.7. The second kappa shape index (κ2) is 6.08. The normalized spacial score (nSPS) is 24.1. The molecule has 0 aromatic heterocycles. The number of halogens is 1. The second-order valence-electron chi connectivity index (χ2n) is 5.27. The highest BCUT2D eigenvalue weighted by Gasteiger charge is 2.38. The van der Waals surface area contributed by atoms with E-state index in [0.29, 0.717) is 6.42 Å². The zero-order valence-electron chi connectivity index (χ0n) is 12.1. The van der Waals surface area contributed by atoms with Crippen molar-refractivity contribution in [2.45, 2.75) is 30.3 Å². The van der Waals surface area contributed by atoms with E-state index in [1.807, 2.05) is 37.3 Å². The minimum atomic E-state index is -0.459. The Kier molecular flexibility index (Phi) is 4.16. The Morgan fingerprint density at radius 1 is 1.36 bits per heavy atom. The molecule has 4 nitrogen and oxygen atoms in total. The van der Waals surface area contributed by atoms with Crippen LogP contribution < -0.4 is 0 Å². The van der Waals surface area contributed by atoms with Gasteiger partial charge >= 0.3 is 5.97 Å². The Labute approximate surface area is 137 Å². The van der Waals surface area contributed by atoms with E-state index in [9.17, 15) is 9.59 Å². The van der Waals surface area contributed by atoms with Crippen LogP contribution in [0.3, 0.4) is 0 Å². The number of ether oxygens (including phenoxy) is 1. The van der Waals surface area contributed by atoms with Crippen LogP contribution in [-0.2, 0) is 14.3 Å². The maximum Gasteiger partial charge on any atom is 0.331 e. The molecule has 2 heterocycles. The van der Waals surface area contributed by atoms with Gasteiger partial charge in [-0.15, -0.1) is 0 Å². The van der Waals surface area contributed by atoms with Crippen molar-refractivity contribution < 1.29 is 14.3 Å². The zero-order chi connectivity index (χ0) is 15.7. The van der Waals surface area contributed by atoms with Crippen molar-refractivity contribution in [3.8, 4) is 0 Å². The highest BCUT2D eigenvalue weighted by atomic mass is 79.9. The molecule has 0 saturated carbocycles. The molecule has 1 aromatic carbocycles. The van der Waals surface area contributed by atoms with Gasteiger partial charge in [-0.05, 0) is 29.7 Å². The Morgan fingerprint density at radius 3 is 2.82 bits per heavy atom. The van der Waals surface area contributed by atoms with Gasteiger partial charge in [0.25, 0.3) is 0 Å². The average molecular weight is 362 g/mol. The molecule has 0 radical (unpaired) electrons. The van der Waals surface area contributed by atoms with Crippen molar-refractivity contribution in [3.63, 3.8) is 0 Å². The molecule has 2 aliphatic heterocycles. The second-order valence-corrected chi connectivity index (χ2v) is 6.38. The van der Waals surface area contributed by atoms with Gasteiger partial charge in [0.05, 0.1) is 4.83 Å². The standard InChI is InChI=1S/C17H16BrNO3/c1-2-13(18)17(21)19-10-9-11-5-3-4-6-12(11)16(19)14-7-8-15(20)22-14/h3-10,13-14,16H,2H2,1H3. The molecule has 2 aliphatic rings. The topological polar surface area (TPSA) is 46.6 Å². The number of hydrogen-bond donors (Lipinski definition) is 0. The maximum absolute atomic E-state index is 12.7. The van der Waals surface area contributed by atoms with E-state index in [0.717, 1.165) is 11.1 Å². The van der Waals surface area contributed by atoms with Crippen LogP contribution in [0.1, 0.15) is 30.5 Å². The van der Waals surface area contributed by atoms with Gasteiger partial charge in [-0.3, -0.25) is 4.79 Å². The van der Waals surface area contributed by atoms with Crippen molar-refractivity contribution in [2.24, 2.45) is 0 Å². The lowest BCUT2D eigenvalue weighted by Gasteiger charge is -2.36. The molecule has 0 fully saturated rings. The van der Waals surface area contributed by atoms with Crippen LogP contribution >= 0.6 is 15.9 Å². The fraction of sp³-hybridized carbons (Fsp3) is 0.294. The van der Waals surface area contributed by atoms with E-state index in [1.165, 1.54) is 6.08 Å². The van der Waals surface area contributed by atoms with Crippen LogP contribution in [-0.4, -0.2) is 27.7 Å². The van der Waals surface area contributed by atoms with Gasteiger partial charge in [0.15, 0.2) is 0 Å². The fourth-order valence-corrected chi connectivity index (χ4v) is 3.01. The predicted octanol–water partition coefficient (Wildman–Crippen LogP) is 3.20. The molecule has 3 atom stereocenters. The summed E-state index contributed by atoms with van der Waals surface area (Å²) in [4.78, 5) is 25.5. The molecule has 114 valence electrons. The third-order valence-corrected chi connectivity index (χ3v) is 4.93. The first-order valence-corrected chi connectivity index (χ1v) is 8.15. The Bertz CT molecular complexity index is 668. The number of amides is 1. The van der Waals surface area contributed by atoms with E-state index in [2.05, 4.69) is 15.9 Å². The summed E-state index contributed by atoms with van der Waals surface area (Å²) < 4.78 is 5.36. The SMILES string of the molecule is CCC(Br)C(=O)N1C=Cc2ccccc2C1C1C=CC(=O)O1. The molecule has 3 rings (SSSR count). The summed E-state index contributed by atoms with van der Waals surface area (Å²) in [5.41, 5.74) is 2.02. The summed E-state index contributed by atoms with van der Waals surface area (Å²) in [6, 6.07) is 7.52. The number of carbonyl (C=O) groups is 2. The number of hydrogen-bond acceptors (Lipinski definition) is 3. The lowest BCUT2D eigenvalue weighted by atomic mass is 9.92. The van der Waals surface area contributed by atoms with Gasteiger partial charge in [0.2, 0.25) is 5.91 Å². The minimum Gasteiger partial charge on any atom is -0.452 e. The van der Waals surface area contributed by atoms with Gasteiger partial charge in [-0.1, -0.05) is 47.1 Å². The van der Waals surface area contributed by atoms with E-state index in [-0.39, 0.29) is 22.7 Å². The summed E-state index contributed by atoms with van der Waals surface area (Å²) in [6.07, 6.45) is 7.06. The van der Waals surface area contributed by atoms with Crippen LogP contribution in [0, 0.1) is 0 Å². The molecular weight excluding hydrogens is 346 g/mol. The lowest BCUT2D eigenvalue weighted by molar-refractivity contribution is -0.144. The molecule has 5 heteroatoms. The number of carbonyl (C=O) groups excluding carboxylic acids is 2. The Balaban J connectivity index is 2.01. The molecule has 1 aromatic rings. The number of rotatable bonds is 3. The summed E-state index contributed by atoms with van der Waals surface area (Å²) in [6.45, 7) is 1.95. The van der Waals surface area contributed by atoms with Crippen molar-refractivity contribution in [2.75, 3.05) is 0 Å². The number of nitrogens with zero attached hydrogens (tertiary/aromatic N) is 1. The lowest BCUT2D eigenvalue weighted by Crippen LogP contribution is -2.42.